The van der Waals surface area contributed by atoms with Gasteiger partial charge in [0.2, 0.25) is 5.91 Å². The van der Waals surface area contributed by atoms with Gasteiger partial charge in [0, 0.05) is 22.6 Å². The van der Waals surface area contributed by atoms with Gasteiger partial charge in [0.1, 0.15) is 5.00 Å². The number of anilines is 1. The first-order valence-corrected chi connectivity index (χ1v) is 13.1. The molecule has 2 heterocycles. The summed E-state index contributed by atoms with van der Waals surface area (Å²) in [7, 11) is 0. The van der Waals surface area contributed by atoms with Crippen LogP contribution in [0, 0.1) is 6.92 Å². The van der Waals surface area contributed by atoms with Gasteiger partial charge in [-0.3, -0.25) is 9.59 Å². The maximum atomic E-state index is 12.7. The fourth-order valence-electron chi connectivity index (χ4n) is 4.03. The topological polar surface area (TPSA) is 101 Å². The lowest BCUT2D eigenvalue weighted by atomic mass is 9.95. The molecule has 7 nitrogen and oxygen atoms in total. The molecule has 0 saturated heterocycles. The van der Waals surface area contributed by atoms with E-state index in [0.717, 1.165) is 53.4 Å². The second-order valence-corrected chi connectivity index (χ2v) is 10.1. The van der Waals surface area contributed by atoms with Crippen molar-refractivity contribution in [1.82, 2.24) is 9.97 Å². The number of esters is 1. The molecule has 34 heavy (non-hydrogen) atoms. The number of benzene rings is 1. The van der Waals surface area contributed by atoms with Gasteiger partial charge < -0.3 is 15.0 Å². The predicted octanol–water partition coefficient (Wildman–Crippen LogP) is 4.52. The van der Waals surface area contributed by atoms with Gasteiger partial charge in [-0.1, -0.05) is 42.1 Å². The summed E-state index contributed by atoms with van der Waals surface area (Å²) in [6.45, 7) is 3.86. The highest BCUT2D eigenvalue weighted by atomic mass is 32.2. The molecule has 3 aromatic rings. The summed E-state index contributed by atoms with van der Waals surface area (Å²) in [5.41, 5.74) is 3.60. The quantitative estimate of drug-likeness (QED) is 0.270. The average molecular weight is 498 g/mol. The van der Waals surface area contributed by atoms with Crippen molar-refractivity contribution in [3.05, 3.63) is 73.5 Å². The van der Waals surface area contributed by atoms with Crippen LogP contribution in [0.25, 0.3) is 0 Å². The minimum atomic E-state index is -0.388. The molecule has 1 amide bonds. The van der Waals surface area contributed by atoms with Crippen LogP contribution in [-0.4, -0.2) is 34.2 Å². The molecule has 1 aromatic carbocycles. The zero-order valence-corrected chi connectivity index (χ0v) is 20.9. The molecule has 0 atom stereocenters. The van der Waals surface area contributed by atoms with Gasteiger partial charge in [0.25, 0.3) is 5.56 Å². The largest absolute Gasteiger partial charge is 0.462 e. The molecule has 0 saturated carbocycles. The first kappa shape index (κ1) is 24.2. The van der Waals surface area contributed by atoms with E-state index in [4.69, 9.17) is 4.74 Å². The molecule has 9 heteroatoms. The van der Waals surface area contributed by atoms with E-state index in [-0.39, 0.29) is 29.8 Å². The van der Waals surface area contributed by atoms with Crippen molar-refractivity contribution in [3.63, 3.8) is 0 Å². The highest BCUT2D eigenvalue weighted by Gasteiger charge is 2.27. The summed E-state index contributed by atoms with van der Waals surface area (Å²) in [5.74, 6) is -0.589. The number of amides is 1. The Labute approximate surface area is 206 Å². The van der Waals surface area contributed by atoms with E-state index in [1.807, 2.05) is 30.3 Å². The van der Waals surface area contributed by atoms with E-state index in [0.29, 0.717) is 33.4 Å². The average Bonchev–Trinajstić information content (AvgIpc) is 3.18. The van der Waals surface area contributed by atoms with Crippen molar-refractivity contribution in [2.75, 3.05) is 17.7 Å². The highest BCUT2D eigenvalue weighted by Crippen LogP contribution is 2.38. The van der Waals surface area contributed by atoms with Gasteiger partial charge in [0.05, 0.1) is 17.9 Å². The number of aryl methyl sites for hydroxylation is 2. The molecule has 0 spiro atoms. The van der Waals surface area contributed by atoms with E-state index < -0.39 is 0 Å². The van der Waals surface area contributed by atoms with Crippen LogP contribution in [0.1, 0.15) is 57.4 Å². The van der Waals surface area contributed by atoms with Crippen molar-refractivity contribution in [2.24, 2.45) is 0 Å². The van der Waals surface area contributed by atoms with Gasteiger partial charge in [-0.2, -0.15) is 0 Å². The van der Waals surface area contributed by atoms with Crippen LogP contribution in [0.5, 0.6) is 0 Å². The lowest BCUT2D eigenvalue weighted by Crippen LogP contribution is -2.19. The fourth-order valence-corrected chi connectivity index (χ4v) is 6.03. The minimum absolute atomic E-state index is 0.0608. The molecular formula is C25H27N3O4S2. The number of nitrogens with zero attached hydrogens (tertiary/aromatic N) is 1. The van der Waals surface area contributed by atoms with Crippen LogP contribution in [0.15, 0.2) is 40.3 Å². The molecule has 2 aromatic heterocycles. The van der Waals surface area contributed by atoms with Crippen molar-refractivity contribution in [1.29, 1.82) is 0 Å². The molecule has 0 fully saturated rings. The molecule has 4 rings (SSSR count). The van der Waals surface area contributed by atoms with Crippen LogP contribution < -0.4 is 10.9 Å². The number of aromatic amines is 1. The molecule has 0 radical (unpaired) electrons. The smallest absolute Gasteiger partial charge is 0.341 e. The number of ether oxygens (including phenoxy) is 1. The van der Waals surface area contributed by atoms with Gasteiger partial charge in [-0.25, -0.2) is 9.78 Å². The van der Waals surface area contributed by atoms with Crippen LogP contribution in [0.3, 0.4) is 0 Å². The second-order valence-electron chi connectivity index (χ2n) is 8.07. The zero-order chi connectivity index (χ0) is 24.1. The van der Waals surface area contributed by atoms with Gasteiger partial charge in [-0.15, -0.1) is 11.3 Å². The summed E-state index contributed by atoms with van der Waals surface area (Å²) in [6, 6.07) is 9.75. The van der Waals surface area contributed by atoms with Crippen molar-refractivity contribution in [2.45, 2.75) is 51.1 Å². The monoisotopic (exact) mass is 497 g/mol. The van der Waals surface area contributed by atoms with Gasteiger partial charge >= 0.3 is 5.97 Å². The van der Waals surface area contributed by atoms with Crippen molar-refractivity contribution in [3.8, 4) is 0 Å². The number of nitrogens with one attached hydrogen (secondary N) is 2. The third-order valence-electron chi connectivity index (χ3n) is 5.67. The number of thiophene rings is 1. The first-order chi connectivity index (χ1) is 16.5. The maximum Gasteiger partial charge on any atom is 0.341 e. The summed E-state index contributed by atoms with van der Waals surface area (Å²) in [5, 5.41) is 3.83. The Balaban J connectivity index is 1.44. The van der Waals surface area contributed by atoms with E-state index in [9.17, 15) is 14.4 Å². The Morgan fingerprint density at radius 3 is 2.71 bits per heavy atom. The number of hydrogen-bond donors (Lipinski definition) is 2. The van der Waals surface area contributed by atoms with Crippen LogP contribution >= 0.6 is 23.1 Å². The number of thioether (sulfide) groups is 1. The third-order valence-corrected chi connectivity index (χ3v) is 7.75. The molecule has 2 N–H and O–H groups in total. The molecular weight excluding hydrogens is 470 g/mol. The Hall–Kier alpha value is -2.91. The van der Waals surface area contributed by atoms with E-state index in [2.05, 4.69) is 15.3 Å². The fraction of sp³-hybridized carbons (Fsp3) is 0.360. The maximum absolute atomic E-state index is 12.7. The van der Waals surface area contributed by atoms with Gasteiger partial charge in [-0.05, 0) is 50.7 Å². The number of H-pyrrole nitrogens is 1. The molecule has 0 unspecified atom stereocenters. The minimum Gasteiger partial charge on any atom is -0.462 e. The highest BCUT2D eigenvalue weighted by molar-refractivity contribution is 7.99. The van der Waals surface area contributed by atoms with Crippen molar-refractivity contribution < 1.29 is 14.3 Å². The molecule has 1 aliphatic carbocycles. The number of carbonyl (C=O) groups excluding carboxylic acids is 2. The summed E-state index contributed by atoms with van der Waals surface area (Å²) in [6.07, 6.45) is 4.34. The SMILES string of the molecule is CCOC(=O)c1c(NC(=O)CSc2nc(C)c(Cc3ccccc3)c(=O)[nH]2)sc2c1CCCC2. The first-order valence-electron chi connectivity index (χ1n) is 11.3. The molecule has 178 valence electrons. The number of hydrogen-bond acceptors (Lipinski definition) is 7. The third kappa shape index (κ3) is 5.59. The molecule has 0 aliphatic heterocycles. The predicted molar refractivity (Wildman–Crippen MR) is 135 cm³/mol. The zero-order valence-electron chi connectivity index (χ0n) is 19.2. The number of rotatable bonds is 8. The summed E-state index contributed by atoms with van der Waals surface area (Å²) >= 11 is 2.62. The van der Waals surface area contributed by atoms with E-state index >= 15 is 0 Å². The Kier molecular flexibility index (Phi) is 7.84. The summed E-state index contributed by atoms with van der Waals surface area (Å²) in [4.78, 5) is 46.3. The second kappa shape index (κ2) is 11.0. The summed E-state index contributed by atoms with van der Waals surface area (Å²) < 4.78 is 5.25. The van der Waals surface area contributed by atoms with Crippen LogP contribution in [0.4, 0.5) is 5.00 Å². The van der Waals surface area contributed by atoms with E-state index in [1.165, 1.54) is 11.3 Å². The normalized spacial score (nSPS) is 12.8. The number of fused-ring (bicyclic) bond motifs is 1. The Morgan fingerprint density at radius 2 is 1.97 bits per heavy atom. The molecule has 0 bridgehead atoms. The van der Waals surface area contributed by atoms with Gasteiger partial charge in [0.15, 0.2) is 5.16 Å². The Morgan fingerprint density at radius 1 is 1.21 bits per heavy atom. The lowest BCUT2D eigenvalue weighted by molar-refractivity contribution is -0.113. The standard InChI is InChI=1S/C25H27N3O4S2/c1-3-32-24(31)21-17-11-7-8-12-19(17)34-23(21)27-20(29)14-33-25-26-15(2)18(22(30)28-25)13-16-9-5-4-6-10-16/h4-6,9-10H,3,7-8,11-14H2,1-2H3,(H,27,29)(H,26,28,30). The Bertz CT molecular complexity index is 1250. The van der Waals surface area contributed by atoms with Crippen molar-refractivity contribution >= 4 is 40.0 Å². The number of aromatic nitrogens is 2. The lowest BCUT2D eigenvalue weighted by Gasteiger charge is -2.12. The van der Waals surface area contributed by atoms with E-state index in [1.54, 1.807) is 13.8 Å². The van der Waals surface area contributed by atoms with Crippen LogP contribution in [-0.2, 0) is 28.8 Å². The van der Waals surface area contributed by atoms with Crippen LogP contribution in [0.2, 0.25) is 0 Å². The molecule has 1 aliphatic rings. The number of carbonyl (C=O) groups is 2.